The summed E-state index contributed by atoms with van der Waals surface area (Å²) in [7, 11) is 0. The number of nitrogens with two attached hydrogens (primary N) is 1. The van der Waals surface area contributed by atoms with E-state index in [1.807, 2.05) is 12.4 Å². The maximum Gasteiger partial charge on any atom is 0.153 e. The summed E-state index contributed by atoms with van der Waals surface area (Å²) in [6, 6.07) is 6.31. The zero-order valence-corrected chi connectivity index (χ0v) is 13.4. The summed E-state index contributed by atoms with van der Waals surface area (Å²) in [5, 5.41) is 0. The van der Waals surface area contributed by atoms with Crippen molar-refractivity contribution in [3.8, 4) is 10.7 Å². The molecule has 0 atom stereocenters. The zero-order chi connectivity index (χ0) is 15.0. The highest BCUT2D eigenvalue weighted by Crippen LogP contribution is 2.31. The van der Waals surface area contributed by atoms with E-state index < -0.39 is 0 Å². The molecule has 0 amide bonds. The molecule has 3 aromatic rings. The molecular formula is C16H20N4S. The molecule has 1 aromatic carbocycles. The molecule has 0 fully saturated rings. The molecule has 110 valence electrons. The number of aryl methyl sites for hydroxylation is 1. The van der Waals surface area contributed by atoms with Crippen molar-refractivity contribution in [3.05, 3.63) is 35.0 Å². The summed E-state index contributed by atoms with van der Waals surface area (Å²) in [5.74, 6) is 1.58. The molecule has 2 heterocycles. The van der Waals surface area contributed by atoms with E-state index in [-0.39, 0.29) is 0 Å². The SMILES string of the molecule is Cc1ncsc1-c1nc2cc(CN)ccc2n1CC(C)C. The van der Waals surface area contributed by atoms with Crippen LogP contribution in [0.5, 0.6) is 0 Å². The average Bonchev–Trinajstić information content (AvgIpc) is 3.02. The van der Waals surface area contributed by atoms with E-state index in [9.17, 15) is 0 Å². The van der Waals surface area contributed by atoms with Gasteiger partial charge in [0.2, 0.25) is 0 Å². The van der Waals surface area contributed by atoms with Crippen molar-refractivity contribution in [3.63, 3.8) is 0 Å². The zero-order valence-electron chi connectivity index (χ0n) is 12.6. The van der Waals surface area contributed by atoms with Crippen molar-refractivity contribution < 1.29 is 0 Å². The van der Waals surface area contributed by atoms with E-state index in [0.717, 1.165) is 34.0 Å². The standard InChI is InChI=1S/C16H20N4S/c1-10(2)8-20-14-5-4-12(7-17)6-13(14)19-16(20)15-11(3)18-9-21-15/h4-6,9-10H,7-8,17H2,1-3H3. The quantitative estimate of drug-likeness (QED) is 0.801. The largest absolute Gasteiger partial charge is 0.326 e. The Kier molecular flexibility index (Phi) is 3.78. The number of fused-ring (bicyclic) bond motifs is 1. The van der Waals surface area contributed by atoms with Gasteiger partial charge in [-0.15, -0.1) is 11.3 Å². The summed E-state index contributed by atoms with van der Waals surface area (Å²) < 4.78 is 2.31. The van der Waals surface area contributed by atoms with Gasteiger partial charge in [-0.3, -0.25) is 0 Å². The summed E-state index contributed by atoms with van der Waals surface area (Å²) in [6.45, 7) is 7.98. The summed E-state index contributed by atoms with van der Waals surface area (Å²) in [4.78, 5) is 10.4. The molecule has 0 bridgehead atoms. The predicted molar refractivity (Wildman–Crippen MR) is 88.3 cm³/mol. The number of hydrogen-bond donors (Lipinski definition) is 1. The highest BCUT2D eigenvalue weighted by atomic mass is 32.1. The van der Waals surface area contributed by atoms with Gasteiger partial charge in [0.05, 0.1) is 27.1 Å². The summed E-state index contributed by atoms with van der Waals surface area (Å²) in [6.07, 6.45) is 0. The fourth-order valence-electron chi connectivity index (χ4n) is 2.54. The Hall–Kier alpha value is -1.72. The van der Waals surface area contributed by atoms with Crippen LogP contribution in [0.3, 0.4) is 0 Å². The summed E-state index contributed by atoms with van der Waals surface area (Å²) >= 11 is 1.65. The van der Waals surface area contributed by atoms with Crippen LogP contribution >= 0.6 is 11.3 Å². The number of aromatic nitrogens is 3. The molecule has 4 nitrogen and oxygen atoms in total. The number of benzene rings is 1. The Morgan fingerprint density at radius 3 is 2.76 bits per heavy atom. The van der Waals surface area contributed by atoms with Crippen LogP contribution in [0.4, 0.5) is 0 Å². The minimum Gasteiger partial charge on any atom is -0.326 e. The van der Waals surface area contributed by atoms with E-state index >= 15 is 0 Å². The van der Waals surface area contributed by atoms with Crippen molar-refractivity contribution in [2.45, 2.75) is 33.9 Å². The lowest BCUT2D eigenvalue weighted by Crippen LogP contribution is -2.06. The third kappa shape index (κ3) is 2.59. The number of hydrogen-bond acceptors (Lipinski definition) is 4. The predicted octanol–water partition coefficient (Wildman–Crippen LogP) is 3.58. The van der Waals surface area contributed by atoms with Gasteiger partial charge in [-0.25, -0.2) is 9.97 Å². The van der Waals surface area contributed by atoms with Gasteiger partial charge < -0.3 is 10.3 Å². The number of rotatable bonds is 4. The Morgan fingerprint density at radius 2 is 2.14 bits per heavy atom. The number of imidazole rings is 1. The molecule has 0 spiro atoms. The van der Waals surface area contributed by atoms with E-state index in [0.29, 0.717) is 12.5 Å². The maximum atomic E-state index is 5.74. The van der Waals surface area contributed by atoms with E-state index in [1.165, 1.54) is 5.52 Å². The molecule has 0 aliphatic heterocycles. The van der Waals surface area contributed by atoms with Crippen LogP contribution in [0.1, 0.15) is 25.1 Å². The molecule has 0 unspecified atom stereocenters. The molecule has 0 radical (unpaired) electrons. The lowest BCUT2D eigenvalue weighted by Gasteiger charge is -2.11. The van der Waals surface area contributed by atoms with Crippen molar-refractivity contribution in [1.82, 2.24) is 14.5 Å². The molecule has 0 saturated carbocycles. The Bertz CT molecular complexity index is 770. The Labute approximate surface area is 128 Å². The lowest BCUT2D eigenvalue weighted by molar-refractivity contribution is 0.537. The van der Waals surface area contributed by atoms with Crippen molar-refractivity contribution >= 4 is 22.4 Å². The van der Waals surface area contributed by atoms with Crippen molar-refractivity contribution in [2.24, 2.45) is 11.7 Å². The van der Waals surface area contributed by atoms with Gasteiger partial charge in [-0.05, 0) is 30.5 Å². The van der Waals surface area contributed by atoms with Crippen molar-refractivity contribution in [1.29, 1.82) is 0 Å². The van der Waals surface area contributed by atoms with Crippen molar-refractivity contribution in [2.75, 3.05) is 0 Å². The van der Waals surface area contributed by atoms with Crippen LogP contribution in [0.25, 0.3) is 21.7 Å². The van der Waals surface area contributed by atoms with Gasteiger partial charge in [0.25, 0.3) is 0 Å². The van der Waals surface area contributed by atoms with E-state index in [2.05, 4.69) is 41.6 Å². The monoisotopic (exact) mass is 300 g/mol. The highest BCUT2D eigenvalue weighted by molar-refractivity contribution is 7.13. The third-order valence-electron chi connectivity index (χ3n) is 3.54. The van der Waals surface area contributed by atoms with Crippen LogP contribution < -0.4 is 5.73 Å². The average molecular weight is 300 g/mol. The third-order valence-corrected chi connectivity index (χ3v) is 4.47. The van der Waals surface area contributed by atoms with Crippen LogP contribution in [-0.2, 0) is 13.1 Å². The molecule has 0 aliphatic rings. The first-order valence-electron chi connectivity index (χ1n) is 7.20. The van der Waals surface area contributed by atoms with Crippen LogP contribution in [0.15, 0.2) is 23.7 Å². The second-order valence-corrected chi connectivity index (χ2v) is 6.59. The first kappa shape index (κ1) is 14.2. The normalized spacial score (nSPS) is 11.7. The van der Waals surface area contributed by atoms with Gasteiger partial charge in [0.1, 0.15) is 0 Å². The van der Waals surface area contributed by atoms with Gasteiger partial charge in [-0.1, -0.05) is 19.9 Å². The lowest BCUT2D eigenvalue weighted by atomic mass is 10.2. The first-order chi connectivity index (χ1) is 10.1. The van der Waals surface area contributed by atoms with Gasteiger partial charge in [0.15, 0.2) is 5.82 Å². The molecular weight excluding hydrogens is 280 g/mol. The Morgan fingerprint density at radius 1 is 1.33 bits per heavy atom. The minimum absolute atomic E-state index is 0.544. The van der Waals surface area contributed by atoms with Crippen LogP contribution in [0.2, 0.25) is 0 Å². The second-order valence-electron chi connectivity index (χ2n) is 5.73. The van der Waals surface area contributed by atoms with E-state index in [1.54, 1.807) is 11.3 Å². The molecule has 5 heteroatoms. The molecule has 21 heavy (non-hydrogen) atoms. The number of nitrogens with zero attached hydrogens (tertiary/aromatic N) is 3. The number of thiazole rings is 1. The maximum absolute atomic E-state index is 5.74. The topological polar surface area (TPSA) is 56.7 Å². The first-order valence-corrected chi connectivity index (χ1v) is 8.07. The molecule has 3 rings (SSSR count). The van der Waals surface area contributed by atoms with Crippen LogP contribution in [0, 0.1) is 12.8 Å². The van der Waals surface area contributed by atoms with Gasteiger partial charge >= 0.3 is 0 Å². The fourth-order valence-corrected chi connectivity index (χ4v) is 3.34. The van der Waals surface area contributed by atoms with E-state index in [4.69, 9.17) is 10.7 Å². The second kappa shape index (κ2) is 5.58. The molecule has 0 aliphatic carbocycles. The molecule has 2 aromatic heterocycles. The highest BCUT2D eigenvalue weighted by Gasteiger charge is 2.17. The Balaban J connectivity index is 2.24. The van der Waals surface area contributed by atoms with Gasteiger partial charge in [-0.2, -0.15) is 0 Å². The fraction of sp³-hybridized carbons (Fsp3) is 0.375. The summed E-state index contributed by atoms with van der Waals surface area (Å²) in [5.41, 5.74) is 12.0. The van der Waals surface area contributed by atoms with Crippen LogP contribution in [-0.4, -0.2) is 14.5 Å². The van der Waals surface area contributed by atoms with Gasteiger partial charge in [0, 0.05) is 13.1 Å². The minimum atomic E-state index is 0.544. The smallest absolute Gasteiger partial charge is 0.153 e. The molecule has 2 N–H and O–H groups in total. The molecule has 0 saturated heterocycles.